The lowest BCUT2D eigenvalue weighted by molar-refractivity contribution is -0.149. The third kappa shape index (κ3) is 1.53. The minimum Gasteiger partial charge on any atom is -0.283 e. The molecule has 4 rings (SSSR count). The molecule has 0 aliphatic carbocycles. The zero-order chi connectivity index (χ0) is 17.4. The van der Waals surface area contributed by atoms with Crippen LogP contribution in [0.5, 0.6) is 0 Å². The van der Waals surface area contributed by atoms with Crippen LogP contribution < -0.4 is 5.01 Å². The standard InChI is InChI=1S/C18H21N3O3/c1-5-11-6-7-13-12(8-11)18(9-14(22)19(4)16(18)24)21-15(23)17(2,3)10-20(13)21/h6-8H,5,9-10H2,1-4H3. The van der Waals surface area contributed by atoms with Gasteiger partial charge in [0.25, 0.3) is 5.91 Å². The second kappa shape index (κ2) is 4.37. The second-order valence-electron chi connectivity index (χ2n) is 7.56. The summed E-state index contributed by atoms with van der Waals surface area (Å²) in [6.45, 7) is 6.32. The van der Waals surface area contributed by atoms with E-state index in [-0.39, 0.29) is 24.1 Å². The average molecular weight is 327 g/mol. The van der Waals surface area contributed by atoms with E-state index in [4.69, 9.17) is 0 Å². The van der Waals surface area contributed by atoms with Crippen molar-refractivity contribution in [1.82, 2.24) is 9.91 Å². The first-order chi connectivity index (χ1) is 11.2. The lowest BCUT2D eigenvalue weighted by Gasteiger charge is -2.33. The number of amides is 3. The lowest BCUT2D eigenvalue weighted by atomic mass is 9.84. The number of rotatable bonds is 1. The van der Waals surface area contributed by atoms with Crippen LogP contribution in [0.1, 0.15) is 38.3 Å². The highest BCUT2D eigenvalue weighted by molar-refractivity contribution is 6.12. The number of anilines is 1. The molecule has 24 heavy (non-hydrogen) atoms. The summed E-state index contributed by atoms with van der Waals surface area (Å²) in [5, 5.41) is 3.45. The Bertz CT molecular complexity index is 801. The van der Waals surface area contributed by atoms with Crippen LogP contribution in [-0.2, 0) is 26.3 Å². The molecule has 0 aromatic heterocycles. The summed E-state index contributed by atoms with van der Waals surface area (Å²) in [5.74, 6) is -0.657. The molecule has 1 aromatic carbocycles. The lowest BCUT2D eigenvalue weighted by Crippen LogP contribution is -2.53. The summed E-state index contributed by atoms with van der Waals surface area (Å²) >= 11 is 0. The molecule has 3 aliphatic rings. The highest BCUT2D eigenvalue weighted by Gasteiger charge is 2.67. The molecule has 1 spiro atoms. The molecule has 0 bridgehead atoms. The maximum absolute atomic E-state index is 13.1. The fourth-order valence-electron chi connectivity index (χ4n) is 4.13. The number of nitrogens with zero attached hydrogens (tertiary/aromatic N) is 3. The van der Waals surface area contributed by atoms with Crippen LogP contribution in [0.25, 0.3) is 0 Å². The van der Waals surface area contributed by atoms with Gasteiger partial charge in [-0.1, -0.05) is 19.1 Å². The molecule has 6 nitrogen and oxygen atoms in total. The number of fused-ring (bicyclic) bond motifs is 5. The van der Waals surface area contributed by atoms with Crippen molar-refractivity contribution >= 4 is 23.4 Å². The van der Waals surface area contributed by atoms with E-state index in [9.17, 15) is 14.4 Å². The Hall–Kier alpha value is -2.37. The van der Waals surface area contributed by atoms with Crippen molar-refractivity contribution in [2.75, 3.05) is 18.6 Å². The molecule has 6 heteroatoms. The molecule has 1 atom stereocenters. The van der Waals surface area contributed by atoms with Gasteiger partial charge in [-0.3, -0.25) is 24.3 Å². The van der Waals surface area contributed by atoms with Gasteiger partial charge in [-0.05, 0) is 31.9 Å². The fraction of sp³-hybridized carbons (Fsp3) is 0.500. The summed E-state index contributed by atoms with van der Waals surface area (Å²) in [6.07, 6.45) is 0.849. The normalized spacial score (nSPS) is 27.5. The van der Waals surface area contributed by atoms with Crippen LogP contribution in [0, 0.1) is 5.41 Å². The van der Waals surface area contributed by atoms with Gasteiger partial charge in [0.15, 0.2) is 5.54 Å². The number of benzene rings is 1. The van der Waals surface area contributed by atoms with E-state index < -0.39 is 11.0 Å². The summed E-state index contributed by atoms with van der Waals surface area (Å²) < 4.78 is 0. The first-order valence-electron chi connectivity index (χ1n) is 8.30. The van der Waals surface area contributed by atoms with Crippen LogP contribution in [0.2, 0.25) is 0 Å². The van der Waals surface area contributed by atoms with Gasteiger partial charge in [0, 0.05) is 12.6 Å². The Morgan fingerprint density at radius 2 is 1.83 bits per heavy atom. The van der Waals surface area contributed by atoms with Crippen LogP contribution in [0.3, 0.4) is 0 Å². The monoisotopic (exact) mass is 327 g/mol. The quantitative estimate of drug-likeness (QED) is 0.732. The van der Waals surface area contributed by atoms with Crippen molar-refractivity contribution in [2.45, 2.75) is 39.2 Å². The maximum Gasteiger partial charge on any atom is 0.262 e. The predicted molar refractivity (Wildman–Crippen MR) is 87.9 cm³/mol. The Balaban J connectivity index is 2.00. The van der Waals surface area contributed by atoms with Gasteiger partial charge in [-0.2, -0.15) is 0 Å². The van der Waals surface area contributed by atoms with Gasteiger partial charge >= 0.3 is 0 Å². The Labute approximate surface area is 141 Å². The molecule has 1 unspecified atom stereocenters. The number of hydrogen-bond donors (Lipinski definition) is 0. The zero-order valence-corrected chi connectivity index (χ0v) is 14.4. The largest absolute Gasteiger partial charge is 0.283 e. The highest BCUT2D eigenvalue weighted by Crippen LogP contribution is 2.55. The number of imide groups is 1. The SMILES string of the molecule is CCc1ccc2c(c1)C1(CC(=O)N(C)C1=O)N1C(=O)C(C)(C)CN21. The van der Waals surface area contributed by atoms with Gasteiger partial charge in [0.05, 0.1) is 24.1 Å². The summed E-state index contributed by atoms with van der Waals surface area (Å²) in [6, 6.07) is 5.98. The fourth-order valence-corrected chi connectivity index (χ4v) is 4.13. The Morgan fingerprint density at radius 1 is 1.12 bits per heavy atom. The Kier molecular flexibility index (Phi) is 2.77. The van der Waals surface area contributed by atoms with E-state index in [0.29, 0.717) is 6.54 Å². The first-order valence-corrected chi connectivity index (χ1v) is 8.30. The predicted octanol–water partition coefficient (Wildman–Crippen LogP) is 1.44. The summed E-state index contributed by atoms with van der Waals surface area (Å²) in [5.41, 5.74) is 0.948. The zero-order valence-electron chi connectivity index (χ0n) is 14.4. The molecule has 0 N–H and O–H groups in total. The van der Waals surface area contributed by atoms with Gasteiger partial charge in [0.2, 0.25) is 11.8 Å². The second-order valence-corrected chi connectivity index (χ2v) is 7.56. The average Bonchev–Trinajstić information content (AvgIpc) is 3.04. The van der Waals surface area contributed by atoms with Crippen LogP contribution in [0.4, 0.5) is 5.69 Å². The molecular formula is C18H21N3O3. The maximum atomic E-state index is 13.1. The van der Waals surface area contributed by atoms with Crippen LogP contribution >= 0.6 is 0 Å². The number of carbonyl (C=O) groups is 3. The number of likely N-dealkylation sites (tertiary alicyclic amines) is 1. The van der Waals surface area contributed by atoms with Gasteiger partial charge in [-0.15, -0.1) is 0 Å². The van der Waals surface area contributed by atoms with E-state index in [1.807, 2.05) is 44.0 Å². The van der Waals surface area contributed by atoms with Crippen molar-refractivity contribution in [3.05, 3.63) is 29.3 Å². The van der Waals surface area contributed by atoms with E-state index in [0.717, 1.165) is 28.1 Å². The summed E-state index contributed by atoms with van der Waals surface area (Å²) in [4.78, 5) is 39.6. The number of carbonyl (C=O) groups excluding carboxylic acids is 3. The number of hydrazine groups is 1. The molecule has 3 aliphatic heterocycles. The minimum atomic E-state index is -1.21. The molecular weight excluding hydrogens is 306 g/mol. The van der Waals surface area contributed by atoms with Gasteiger partial charge in [0.1, 0.15) is 0 Å². The molecule has 0 saturated carbocycles. The first kappa shape index (κ1) is 15.2. The van der Waals surface area contributed by atoms with Crippen LogP contribution in [0.15, 0.2) is 18.2 Å². The summed E-state index contributed by atoms with van der Waals surface area (Å²) in [7, 11) is 1.50. The highest BCUT2D eigenvalue weighted by atomic mass is 16.2. The molecule has 126 valence electrons. The Morgan fingerprint density at radius 3 is 2.42 bits per heavy atom. The third-order valence-electron chi connectivity index (χ3n) is 5.55. The molecule has 3 heterocycles. The number of aryl methyl sites for hydroxylation is 1. The van der Waals surface area contributed by atoms with E-state index >= 15 is 0 Å². The topological polar surface area (TPSA) is 60.9 Å². The van der Waals surface area contributed by atoms with Crippen molar-refractivity contribution in [3.63, 3.8) is 0 Å². The van der Waals surface area contributed by atoms with Crippen LogP contribution in [-0.4, -0.2) is 41.2 Å². The minimum absolute atomic E-state index is 0.0147. The van der Waals surface area contributed by atoms with Gasteiger partial charge < -0.3 is 0 Å². The van der Waals surface area contributed by atoms with Crippen molar-refractivity contribution in [2.24, 2.45) is 5.41 Å². The molecule has 1 aromatic rings. The van der Waals surface area contributed by atoms with Crippen molar-refractivity contribution in [3.8, 4) is 0 Å². The van der Waals surface area contributed by atoms with Gasteiger partial charge in [-0.25, -0.2) is 5.01 Å². The smallest absolute Gasteiger partial charge is 0.262 e. The van der Waals surface area contributed by atoms with E-state index in [1.54, 1.807) is 5.01 Å². The third-order valence-corrected chi connectivity index (χ3v) is 5.55. The number of likely N-dealkylation sites (N-methyl/N-ethyl adjacent to an activating group) is 1. The molecule has 3 amide bonds. The molecule has 0 radical (unpaired) electrons. The van der Waals surface area contributed by atoms with E-state index in [2.05, 4.69) is 0 Å². The van der Waals surface area contributed by atoms with Crippen molar-refractivity contribution < 1.29 is 14.4 Å². The molecule has 2 saturated heterocycles. The molecule has 2 fully saturated rings. The number of hydrogen-bond acceptors (Lipinski definition) is 4. The van der Waals surface area contributed by atoms with E-state index in [1.165, 1.54) is 7.05 Å². The van der Waals surface area contributed by atoms with Crippen molar-refractivity contribution in [1.29, 1.82) is 0 Å².